The van der Waals surface area contributed by atoms with E-state index in [1.165, 1.54) is 27.8 Å². The quantitative estimate of drug-likeness (QED) is 0.410. The van der Waals surface area contributed by atoms with Crippen LogP contribution in [0.4, 0.5) is 0 Å². The van der Waals surface area contributed by atoms with Gasteiger partial charge < -0.3 is 4.90 Å². The molecule has 162 valence electrons. The molecule has 2 aromatic carbocycles. The zero-order valence-corrected chi connectivity index (χ0v) is 20.1. The first-order valence-corrected chi connectivity index (χ1v) is 12.2. The summed E-state index contributed by atoms with van der Waals surface area (Å²) in [6.45, 7) is 1.50. The van der Waals surface area contributed by atoms with Gasteiger partial charge in [-0.25, -0.2) is 0 Å². The van der Waals surface area contributed by atoms with E-state index in [1.54, 1.807) is 0 Å². The lowest BCUT2D eigenvalue weighted by Gasteiger charge is -2.30. The normalized spacial score (nSPS) is 15.8. The Balaban J connectivity index is 1.42. The van der Waals surface area contributed by atoms with Crippen molar-refractivity contribution < 1.29 is 4.79 Å². The predicted molar refractivity (Wildman–Crippen MR) is 133 cm³/mol. The van der Waals surface area contributed by atoms with Crippen LogP contribution >= 0.6 is 27.5 Å². The van der Waals surface area contributed by atoms with Gasteiger partial charge in [0.25, 0.3) is 0 Å². The van der Waals surface area contributed by atoms with Gasteiger partial charge in [-0.05, 0) is 78.3 Å². The third-order valence-corrected chi connectivity index (χ3v) is 7.23. The van der Waals surface area contributed by atoms with Crippen molar-refractivity contribution in [1.29, 1.82) is 0 Å². The Morgan fingerprint density at radius 3 is 2.50 bits per heavy atom. The van der Waals surface area contributed by atoms with Crippen LogP contribution in [0.2, 0.25) is 5.02 Å². The summed E-state index contributed by atoms with van der Waals surface area (Å²) in [6.07, 6.45) is 6.01. The Labute approximate surface area is 202 Å². The molecule has 3 nitrogen and oxygen atoms in total. The lowest BCUT2D eigenvalue weighted by Crippen LogP contribution is -2.37. The van der Waals surface area contributed by atoms with E-state index in [0.29, 0.717) is 6.42 Å². The molecule has 0 unspecified atom stereocenters. The number of amides is 1. The smallest absolute Gasteiger partial charge is 0.227 e. The Morgan fingerprint density at radius 2 is 1.72 bits per heavy atom. The Kier molecular flexibility index (Phi) is 6.16. The number of nitrogens with zero attached hydrogens (tertiary/aromatic N) is 2. The van der Waals surface area contributed by atoms with Crippen molar-refractivity contribution in [3.8, 4) is 0 Å². The molecular formula is C27H24BrClN2O. The number of likely N-dealkylation sites (tertiary alicyclic amines) is 1. The van der Waals surface area contributed by atoms with Crippen molar-refractivity contribution in [2.24, 2.45) is 0 Å². The molecule has 1 fully saturated rings. The third-order valence-electron chi connectivity index (χ3n) is 6.47. The molecule has 3 aromatic rings. The molecular weight excluding hydrogens is 484 g/mol. The molecule has 2 heterocycles. The second-order valence-electron chi connectivity index (χ2n) is 8.48. The standard InChI is InChI=1S/C27H24BrClN2O/c28-22-7-3-18(4-8-22)16-25(32)31-14-11-19(12-15-31)26-24-10-9-23(29)17-21(24)6-5-20-2-1-13-30-27(20)26/h1-4,7-10,13,17H,5-6,11-12,14-16H2. The number of piperidine rings is 1. The van der Waals surface area contributed by atoms with Gasteiger partial charge in [0.15, 0.2) is 0 Å². The molecule has 0 spiro atoms. The van der Waals surface area contributed by atoms with Crippen molar-refractivity contribution in [3.63, 3.8) is 0 Å². The van der Waals surface area contributed by atoms with Gasteiger partial charge >= 0.3 is 0 Å². The fraction of sp³-hybridized carbons (Fsp3) is 0.259. The summed E-state index contributed by atoms with van der Waals surface area (Å²) >= 11 is 9.78. The van der Waals surface area contributed by atoms with Gasteiger partial charge in [-0.2, -0.15) is 0 Å². The molecule has 0 saturated carbocycles. The first-order chi connectivity index (χ1) is 15.6. The number of benzene rings is 2. The molecule has 5 heteroatoms. The van der Waals surface area contributed by atoms with E-state index in [2.05, 4.69) is 34.1 Å². The second-order valence-corrected chi connectivity index (χ2v) is 9.83. The summed E-state index contributed by atoms with van der Waals surface area (Å²) in [5.74, 6) is 0.197. The SMILES string of the molecule is O=C(Cc1ccc(Br)cc1)N1CCC(=C2c3ccc(Cl)cc3CCc3cccnc32)CC1. The molecule has 1 saturated heterocycles. The van der Waals surface area contributed by atoms with Crippen LogP contribution in [-0.4, -0.2) is 28.9 Å². The predicted octanol–water partition coefficient (Wildman–Crippen LogP) is 6.26. The zero-order chi connectivity index (χ0) is 22.1. The minimum atomic E-state index is 0.197. The number of rotatable bonds is 2. The van der Waals surface area contributed by atoms with Crippen molar-refractivity contribution in [1.82, 2.24) is 9.88 Å². The molecule has 0 atom stereocenters. The van der Waals surface area contributed by atoms with Crippen LogP contribution < -0.4 is 0 Å². The molecule has 32 heavy (non-hydrogen) atoms. The maximum absolute atomic E-state index is 12.9. The number of carbonyl (C=O) groups is 1. The maximum atomic E-state index is 12.9. The zero-order valence-electron chi connectivity index (χ0n) is 17.8. The Bertz CT molecular complexity index is 1190. The first-order valence-electron chi connectivity index (χ1n) is 11.1. The summed E-state index contributed by atoms with van der Waals surface area (Å²) in [6, 6.07) is 18.4. The van der Waals surface area contributed by atoms with Gasteiger partial charge in [0.05, 0.1) is 12.1 Å². The van der Waals surface area contributed by atoms with E-state index in [0.717, 1.165) is 59.5 Å². The highest BCUT2D eigenvalue weighted by Crippen LogP contribution is 2.38. The lowest BCUT2D eigenvalue weighted by molar-refractivity contribution is -0.130. The van der Waals surface area contributed by atoms with E-state index < -0.39 is 0 Å². The number of fused-ring (bicyclic) bond motifs is 2. The molecule has 1 aromatic heterocycles. The van der Waals surface area contributed by atoms with Gasteiger partial charge in [0.1, 0.15) is 0 Å². The van der Waals surface area contributed by atoms with Crippen LogP contribution in [0.25, 0.3) is 5.57 Å². The summed E-state index contributed by atoms with van der Waals surface area (Å²) in [7, 11) is 0. The Morgan fingerprint density at radius 1 is 0.969 bits per heavy atom. The molecule has 0 radical (unpaired) electrons. The average molecular weight is 508 g/mol. The molecule has 1 aliphatic carbocycles. The van der Waals surface area contributed by atoms with Gasteiger partial charge in [0.2, 0.25) is 5.91 Å². The topological polar surface area (TPSA) is 33.2 Å². The summed E-state index contributed by atoms with van der Waals surface area (Å²) in [5, 5.41) is 0.778. The monoisotopic (exact) mass is 506 g/mol. The Hall–Kier alpha value is -2.43. The summed E-state index contributed by atoms with van der Waals surface area (Å²) in [4.78, 5) is 19.7. The van der Waals surface area contributed by atoms with E-state index in [9.17, 15) is 4.79 Å². The molecule has 0 N–H and O–H groups in total. The lowest BCUT2D eigenvalue weighted by atomic mass is 9.88. The maximum Gasteiger partial charge on any atom is 0.227 e. The third kappa shape index (κ3) is 4.39. The van der Waals surface area contributed by atoms with Crippen molar-refractivity contribution >= 4 is 39.0 Å². The highest BCUT2D eigenvalue weighted by atomic mass is 79.9. The number of hydrogen-bond acceptors (Lipinski definition) is 2. The second kappa shape index (κ2) is 9.21. The van der Waals surface area contributed by atoms with Crippen molar-refractivity contribution in [2.75, 3.05) is 13.1 Å². The summed E-state index contributed by atoms with van der Waals surface area (Å²) in [5.41, 5.74) is 8.61. The van der Waals surface area contributed by atoms with Crippen LogP contribution in [0.1, 0.15) is 40.8 Å². The number of hydrogen-bond donors (Lipinski definition) is 0. The van der Waals surface area contributed by atoms with Crippen LogP contribution in [-0.2, 0) is 24.1 Å². The molecule has 5 rings (SSSR count). The van der Waals surface area contributed by atoms with Gasteiger partial charge in [-0.1, -0.05) is 57.4 Å². The number of carbonyl (C=O) groups excluding carboxylic acids is 1. The molecule has 1 aliphatic heterocycles. The minimum Gasteiger partial charge on any atom is -0.342 e. The van der Waals surface area contributed by atoms with Crippen LogP contribution in [0.15, 0.2) is 70.8 Å². The minimum absolute atomic E-state index is 0.197. The van der Waals surface area contributed by atoms with Crippen LogP contribution in [0.3, 0.4) is 0 Å². The number of pyridine rings is 1. The van der Waals surface area contributed by atoms with E-state index >= 15 is 0 Å². The van der Waals surface area contributed by atoms with Gasteiger partial charge in [0, 0.05) is 34.4 Å². The van der Waals surface area contributed by atoms with E-state index in [4.69, 9.17) is 16.6 Å². The highest BCUT2D eigenvalue weighted by molar-refractivity contribution is 9.10. The van der Waals surface area contributed by atoms with Crippen molar-refractivity contribution in [2.45, 2.75) is 32.1 Å². The molecule has 2 aliphatic rings. The van der Waals surface area contributed by atoms with Gasteiger partial charge in [-0.3, -0.25) is 9.78 Å². The number of halogens is 2. The van der Waals surface area contributed by atoms with Gasteiger partial charge in [-0.15, -0.1) is 0 Å². The fourth-order valence-corrected chi connectivity index (χ4v) is 5.26. The first kappa shape index (κ1) is 21.4. The van der Waals surface area contributed by atoms with Crippen LogP contribution in [0, 0.1) is 0 Å². The van der Waals surface area contributed by atoms with Crippen LogP contribution in [0.5, 0.6) is 0 Å². The number of aromatic nitrogens is 1. The molecule has 1 amide bonds. The number of aryl methyl sites for hydroxylation is 2. The van der Waals surface area contributed by atoms with E-state index in [1.807, 2.05) is 47.5 Å². The van der Waals surface area contributed by atoms with Crippen molar-refractivity contribution in [3.05, 3.63) is 104 Å². The summed E-state index contributed by atoms with van der Waals surface area (Å²) < 4.78 is 1.03. The fourth-order valence-electron chi connectivity index (χ4n) is 4.80. The largest absolute Gasteiger partial charge is 0.342 e. The highest BCUT2D eigenvalue weighted by Gasteiger charge is 2.26. The van der Waals surface area contributed by atoms with E-state index in [-0.39, 0.29) is 5.91 Å². The average Bonchev–Trinajstić information content (AvgIpc) is 2.97. The molecule has 0 bridgehead atoms.